The number of rotatable bonds is 2. The summed E-state index contributed by atoms with van der Waals surface area (Å²) in [5.74, 6) is -1.46. The van der Waals surface area contributed by atoms with Crippen LogP contribution in [0.25, 0.3) is 0 Å². The minimum absolute atomic E-state index is 0.610. The van der Waals surface area contributed by atoms with E-state index in [1.807, 2.05) is 0 Å². The Kier molecular flexibility index (Phi) is 3.09. The molecule has 0 amide bonds. The third-order valence-electron chi connectivity index (χ3n) is 1.52. The average Bonchev–Trinajstić information content (AvgIpc) is 1.99. The van der Waals surface area contributed by atoms with Gasteiger partial charge in [-0.1, -0.05) is 0 Å². The molecule has 0 aliphatic rings. The zero-order valence-corrected chi connectivity index (χ0v) is 6.86. The second-order valence-corrected chi connectivity index (χ2v) is 2.23. The van der Waals surface area contributed by atoms with Crippen molar-refractivity contribution in [2.75, 3.05) is 14.2 Å². The van der Waals surface area contributed by atoms with E-state index >= 15 is 0 Å². The van der Waals surface area contributed by atoms with Gasteiger partial charge in [-0.15, -0.1) is 0 Å². The van der Waals surface area contributed by atoms with Crippen molar-refractivity contribution >= 4 is 5.97 Å². The number of halogens is 3. The highest BCUT2D eigenvalue weighted by molar-refractivity contribution is 5.80. The molecule has 0 fully saturated rings. The smallest absolute Gasteiger partial charge is 0.428 e. The highest BCUT2D eigenvalue weighted by Crippen LogP contribution is 2.33. The van der Waals surface area contributed by atoms with Crippen molar-refractivity contribution < 1.29 is 27.4 Å². The molecule has 0 aromatic rings. The molecule has 1 unspecified atom stereocenters. The van der Waals surface area contributed by atoms with E-state index in [2.05, 4.69) is 9.47 Å². The second kappa shape index (κ2) is 3.30. The quantitative estimate of drug-likeness (QED) is 0.606. The monoisotopic (exact) mass is 186 g/mol. The minimum Gasteiger partial charge on any atom is -0.467 e. The summed E-state index contributed by atoms with van der Waals surface area (Å²) in [5, 5.41) is 0. The topological polar surface area (TPSA) is 35.5 Å². The van der Waals surface area contributed by atoms with Crippen LogP contribution in [0, 0.1) is 0 Å². The standard InChI is InChI=1S/C6H9F3O3/c1-5(12-3,4(10)11-2)6(7,8)9/h1-3H3. The first-order valence-electron chi connectivity index (χ1n) is 3.00. The normalized spacial score (nSPS) is 16.8. The van der Waals surface area contributed by atoms with Crippen LogP contribution in [0.2, 0.25) is 0 Å². The number of hydrogen-bond donors (Lipinski definition) is 0. The molecule has 6 heteroatoms. The maximum absolute atomic E-state index is 12.1. The van der Waals surface area contributed by atoms with Crippen molar-refractivity contribution in [1.82, 2.24) is 0 Å². The number of methoxy groups -OCH3 is 2. The van der Waals surface area contributed by atoms with Gasteiger partial charge in [0.1, 0.15) is 0 Å². The summed E-state index contributed by atoms with van der Waals surface area (Å²) in [6.07, 6.45) is -4.77. The van der Waals surface area contributed by atoms with Crippen molar-refractivity contribution in [3.05, 3.63) is 0 Å². The number of ether oxygens (including phenoxy) is 2. The maximum Gasteiger partial charge on any atom is 0.428 e. The molecule has 0 radical (unpaired) electrons. The van der Waals surface area contributed by atoms with Crippen molar-refractivity contribution in [1.29, 1.82) is 0 Å². The third-order valence-corrected chi connectivity index (χ3v) is 1.52. The van der Waals surface area contributed by atoms with Gasteiger partial charge in [0.15, 0.2) is 0 Å². The minimum atomic E-state index is -4.77. The molecule has 0 aromatic heterocycles. The zero-order chi connectivity index (χ0) is 9.99. The predicted octanol–water partition coefficient (Wildman–Crippen LogP) is 1.13. The molecule has 0 aromatic carbocycles. The molecular weight excluding hydrogens is 177 g/mol. The molecule has 1 atom stereocenters. The van der Waals surface area contributed by atoms with Crippen LogP contribution in [0.15, 0.2) is 0 Å². The van der Waals surface area contributed by atoms with Gasteiger partial charge >= 0.3 is 12.1 Å². The van der Waals surface area contributed by atoms with Crippen LogP contribution in [0.4, 0.5) is 13.2 Å². The van der Waals surface area contributed by atoms with Crippen molar-refractivity contribution in [3.63, 3.8) is 0 Å². The summed E-state index contributed by atoms with van der Waals surface area (Å²) in [4.78, 5) is 10.6. The first-order valence-corrected chi connectivity index (χ1v) is 3.00. The van der Waals surface area contributed by atoms with Crippen LogP contribution in [-0.2, 0) is 14.3 Å². The number of carbonyl (C=O) groups is 1. The van der Waals surface area contributed by atoms with E-state index in [1.165, 1.54) is 0 Å². The number of alkyl halides is 3. The second-order valence-electron chi connectivity index (χ2n) is 2.23. The number of carbonyl (C=O) groups excluding carboxylic acids is 1. The molecule has 0 saturated carbocycles. The lowest BCUT2D eigenvalue weighted by Crippen LogP contribution is -2.51. The fourth-order valence-electron chi connectivity index (χ4n) is 0.510. The lowest BCUT2D eigenvalue weighted by atomic mass is 10.1. The van der Waals surface area contributed by atoms with Gasteiger partial charge in [0.05, 0.1) is 7.11 Å². The zero-order valence-electron chi connectivity index (χ0n) is 6.86. The van der Waals surface area contributed by atoms with Gasteiger partial charge < -0.3 is 9.47 Å². The van der Waals surface area contributed by atoms with E-state index in [-0.39, 0.29) is 0 Å². The Morgan fingerprint density at radius 2 is 1.67 bits per heavy atom. The van der Waals surface area contributed by atoms with Crippen LogP contribution in [-0.4, -0.2) is 32.0 Å². The molecule has 0 spiro atoms. The van der Waals surface area contributed by atoms with E-state index < -0.39 is 17.7 Å². The summed E-state index contributed by atoms with van der Waals surface area (Å²) in [6.45, 7) is 0.610. The molecule has 0 rings (SSSR count). The van der Waals surface area contributed by atoms with Crippen LogP contribution in [0.1, 0.15) is 6.92 Å². The largest absolute Gasteiger partial charge is 0.467 e. The first-order chi connectivity index (χ1) is 5.29. The molecule has 0 aliphatic carbocycles. The van der Waals surface area contributed by atoms with Gasteiger partial charge in [0.2, 0.25) is 0 Å². The van der Waals surface area contributed by atoms with E-state index in [9.17, 15) is 18.0 Å². The van der Waals surface area contributed by atoms with E-state index in [1.54, 1.807) is 0 Å². The fraction of sp³-hybridized carbons (Fsp3) is 0.833. The third kappa shape index (κ3) is 1.69. The lowest BCUT2D eigenvalue weighted by molar-refractivity contribution is -0.263. The lowest BCUT2D eigenvalue weighted by Gasteiger charge is -2.27. The van der Waals surface area contributed by atoms with Gasteiger partial charge in [0, 0.05) is 7.11 Å². The summed E-state index contributed by atoms with van der Waals surface area (Å²) < 4.78 is 44.4. The van der Waals surface area contributed by atoms with E-state index in [0.29, 0.717) is 6.92 Å². The Hall–Kier alpha value is -0.780. The van der Waals surface area contributed by atoms with Crippen molar-refractivity contribution in [3.8, 4) is 0 Å². The highest BCUT2D eigenvalue weighted by Gasteiger charge is 2.58. The van der Waals surface area contributed by atoms with Gasteiger partial charge in [-0.05, 0) is 6.92 Å². The van der Waals surface area contributed by atoms with Gasteiger partial charge in [0.25, 0.3) is 5.60 Å². The van der Waals surface area contributed by atoms with Crippen molar-refractivity contribution in [2.45, 2.75) is 18.7 Å². The van der Waals surface area contributed by atoms with Crippen LogP contribution in [0.3, 0.4) is 0 Å². The molecule has 0 saturated heterocycles. The Labute approximate surface area is 67.4 Å². The Balaban J connectivity index is 4.80. The molecule has 0 bridgehead atoms. The number of hydrogen-bond acceptors (Lipinski definition) is 3. The van der Waals surface area contributed by atoms with E-state index in [0.717, 1.165) is 14.2 Å². The Morgan fingerprint density at radius 1 is 1.25 bits per heavy atom. The fourth-order valence-corrected chi connectivity index (χ4v) is 0.510. The Bertz CT molecular complexity index is 177. The van der Waals surface area contributed by atoms with Crippen molar-refractivity contribution in [2.24, 2.45) is 0 Å². The molecule has 72 valence electrons. The SMILES string of the molecule is COC(=O)C(C)(OC)C(F)(F)F. The first kappa shape index (κ1) is 11.2. The summed E-state index contributed by atoms with van der Waals surface area (Å²) >= 11 is 0. The molecule has 0 aliphatic heterocycles. The van der Waals surface area contributed by atoms with Crippen LogP contribution in [0.5, 0.6) is 0 Å². The predicted molar refractivity (Wildman–Crippen MR) is 33.5 cm³/mol. The molecule has 12 heavy (non-hydrogen) atoms. The molecule has 3 nitrogen and oxygen atoms in total. The van der Waals surface area contributed by atoms with Crippen LogP contribution < -0.4 is 0 Å². The molecule has 0 heterocycles. The molecular formula is C6H9F3O3. The Morgan fingerprint density at radius 3 is 1.75 bits per heavy atom. The average molecular weight is 186 g/mol. The highest BCUT2D eigenvalue weighted by atomic mass is 19.4. The maximum atomic E-state index is 12.1. The molecule has 0 N–H and O–H groups in total. The number of esters is 1. The van der Waals surface area contributed by atoms with Crippen LogP contribution >= 0.6 is 0 Å². The van der Waals surface area contributed by atoms with Gasteiger partial charge in [-0.2, -0.15) is 13.2 Å². The van der Waals surface area contributed by atoms with Gasteiger partial charge in [-0.3, -0.25) is 0 Å². The summed E-state index contributed by atoms with van der Waals surface area (Å²) in [7, 11) is 1.66. The van der Waals surface area contributed by atoms with Gasteiger partial charge in [-0.25, -0.2) is 4.79 Å². The summed E-state index contributed by atoms with van der Waals surface area (Å²) in [6, 6.07) is 0. The van der Waals surface area contributed by atoms with E-state index in [4.69, 9.17) is 0 Å². The summed E-state index contributed by atoms with van der Waals surface area (Å²) in [5.41, 5.74) is -2.87.